The summed E-state index contributed by atoms with van der Waals surface area (Å²) in [7, 11) is 1.76. The van der Waals surface area contributed by atoms with Gasteiger partial charge in [-0.05, 0) is 0 Å². The molecule has 1 aliphatic rings. The molecule has 0 spiro atoms. The van der Waals surface area contributed by atoms with Crippen molar-refractivity contribution in [2.24, 2.45) is 13.0 Å². The molecule has 1 saturated heterocycles. The van der Waals surface area contributed by atoms with Gasteiger partial charge in [-0.3, -0.25) is 4.79 Å². The highest BCUT2D eigenvalue weighted by atomic mass is 16.1. The fourth-order valence-corrected chi connectivity index (χ4v) is 2.81. The van der Waals surface area contributed by atoms with E-state index in [0.717, 1.165) is 25.5 Å². The standard InChI is InChI=1S/C15H21N5O/c1-11(2)13-16-5-7-19(13)8-12-9-20(10-12)14-15(21)18(3)6-4-17-14/h4-7,11-12H,8-10H2,1-3H3. The van der Waals surface area contributed by atoms with Crippen LogP contribution in [-0.4, -0.2) is 32.2 Å². The second kappa shape index (κ2) is 5.35. The largest absolute Gasteiger partial charge is 0.351 e. The average Bonchev–Trinajstić information content (AvgIpc) is 2.85. The Bertz CT molecular complexity index is 681. The van der Waals surface area contributed by atoms with Crippen molar-refractivity contribution in [3.8, 4) is 0 Å². The third-order valence-electron chi connectivity index (χ3n) is 3.97. The van der Waals surface area contributed by atoms with Crippen LogP contribution >= 0.6 is 0 Å². The Morgan fingerprint density at radius 2 is 1.95 bits per heavy atom. The third kappa shape index (κ3) is 2.57. The summed E-state index contributed by atoms with van der Waals surface area (Å²) >= 11 is 0. The van der Waals surface area contributed by atoms with E-state index in [1.807, 2.05) is 12.4 Å². The number of anilines is 1. The summed E-state index contributed by atoms with van der Waals surface area (Å²) in [4.78, 5) is 22.7. The summed E-state index contributed by atoms with van der Waals surface area (Å²) in [5.41, 5.74) is -0.0264. The molecule has 0 radical (unpaired) electrons. The van der Waals surface area contributed by atoms with E-state index < -0.39 is 0 Å². The Hall–Kier alpha value is -2.11. The van der Waals surface area contributed by atoms with Gasteiger partial charge in [-0.1, -0.05) is 13.8 Å². The minimum Gasteiger partial charge on any atom is -0.351 e. The molecule has 0 atom stereocenters. The minimum atomic E-state index is -0.0264. The molecule has 0 bridgehead atoms. The maximum absolute atomic E-state index is 12.0. The van der Waals surface area contributed by atoms with Gasteiger partial charge in [-0.2, -0.15) is 0 Å². The predicted octanol–water partition coefficient (Wildman–Crippen LogP) is 1.24. The Labute approximate surface area is 124 Å². The first-order valence-corrected chi connectivity index (χ1v) is 7.34. The smallest absolute Gasteiger partial charge is 0.293 e. The Morgan fingerprint density at radius 1 is 1.24 bits per heavy atom. The first kappa shape index (κ1) is 13.9. The van der Waals surface area contributed by atoms with E-state index in [0.29, 0.717) is 17.7 Å². The van der Waals surface area contributed by atoms with E-state index >= 15 is 0 Å². The maximum atomic E-state index is 12.0. The van der Waals surface area contributed by atoms with E-state index in [1.165, 1.54) is 0 Å². The molecule has 0 amide bonds. The van der Waals surface area contributed by atoms with Crippen molar-refractivity contribution in [1.29, 1.82) is 0 Å². The van der Waals surface area contributed by atoms with Crippen LogP contribution in [0, 0.1) is 5.92 Å². The Morgan fingerprint density at radius 3 is 2.67 bits per heavy atom. The SMILES string of the molecule is CC(C)c1nccn1CC1CN(c2nccn(C)c2=O)C1. The molecule has 2 aromatic rings. The molecule has 0 saturated carbocycles. The molecule has 1 fully saturated rings. The van der Waals surface area contributed by atoms with Crippen molar-refractivity contribution in [2.45, 2.75) is 26.3 Å². The minimum absolute atomic E-state index is 0.0264. The lowest BCUT2D eigenvalue weighted by Crippen LogP contribution is -2.51. The normalized spacial score (nSPS) is 15.5. The van der Waals surface area contributed by atoms with E-state index in [-0.39, 0.29) is 5.56 Å². The number of hydrogen-bond donors (Lipinski definition) is 0. The van der Waals surface area contributed by atoms with Gasteiger partial charge in [0.2, 0.25) is 0 Å². The van der Waals surface area contributed by atoms with Gasteiger partial charge in [0, 0.05) is 63.3 Å². The summed E-state index contributed by atoms with van der Waals surface area (Å²) in [6.45, 7) is 7.02. The van der Waals surface area contributed by atoms with E-state index in [4.69, 9.17) is 0 Å². The van der Waals surface area contributed by atoms with Crippen molar-refractivity contribution in [2.75, 3.05) is 18.0 Å². The molecule has 112 valence electrons. The second-order valence-electron chi connectivity index (χ2n) is 6.03. The number of nitrogens with zero attached hydrogens (tertiary/aromatic N) is 5. The number of rotatable bonds is 4. The van der Waals surface area contributed by atoms with Gasteiger partial charge in [0.25, 0.3) is 5.56 Å². The zero-order chi connectivity index (χ0) is 15.0. The highest BCUT2D eigenvalue weighted by Gasteiger charge is 2.30. The number of aromatic nitrogens is 4. The van der Waals surface area contributed by atoms with E-state index in [9.17, 15) is 4.79 Å². The van der Waals surface area contributed by atoms with Gasteiger partial charge < -0.3 is 14.0 Å². The molecule has 0 aliphatic carbocycles. The molecule has 3 heterocycles. The maximum Gasteiger partial charge on any atom is 0.293 e. The topological polar surface area (TPSA) is 56.0 Å². The van der Waals surface area contributed by atoms with Crippen LogP contribution in [0.3, 0.4) is 0 Å². The number of hydrogen-bond acceptors (Lipinski definition) is 4. The van der Waals surface area contributed by atoms with Crippen molar-refractivity contribution >= 4 is 5.82 Å². The van der Waals surface area contributed by atoms with Gasteiger partial charge in [0.15, 0.2) is 5.82 Å². The molecule has 21 heavy (non-hydrogen) atoms. The lowest BCUT2D eigenvalue weighted by atomic mass is 10.00. The van der Waals surface area contributed by atoms with Gasteiger partial charge in [0.05, 0.1) is 0 Å². The van der Waals surface area contributed by atoms with Crippen LogP contribution in [0.5, 0.6) is 0 Å². The molecule has 6 nitrogen and oxygen atoms in total. The van der Waals surface area contributed by atoms with Crippen LogP contribution in [-0.2, 0) is 13.6 Å². The van der Waals surface area contributed by atoms with Crippen LogP contribution in [0.2, 0.25) is 0 Å². The highest BCUT2D eigenvalue weighted by molar-refractivity contribution is 5.39. The molecule has 0 unspecified atom stereocenters. The van der Waals surface area contributed by atoms with Crippen LogP contribution in [0.25, 0.3) is 0 Å². The van der Waals surface area contributed by atoms with Crippen LogP contribution in [0.4, 0.5) is 5.82 Å². The molecule has 3 rings (SSSR count). The molecule has 6 heteroatoms. The molecular weight excluding hydrogens is 266 g/mol. The Kier molecular flexibility index (Phi) is 3.53. The highest BCUT2D eigenvalue weighted by Crippen LogP contribution is 2.23. The van der Waals surface area contributed by atoms with Crippen molar-refractivity contribution in [3.05, 3.63) is 41.0 Å². The predicted molar refractivity (Wildman–Crippen MR) is 81.5 cm³/mol. The summed E-state index contributed by atoms with van der Waals surface area (Å²) < 4.78 is 3.80. The number of aryl methyl sites for hydroxylation is 1. The van der Waals surface area contributed by atoms with Crippen molar-refractivity contribution < 1.29 is 0 Å². The quantitative estimate of drug-likeness (QED) is 0.849. The Balaban J connectivity index is 1.65. The van der Waals surface area contributed by atoms with Gasteiger partial charge in [-0.25, -0.2) is 9.97 Å². The van der Waals surface area contributed by atoms with E-state index in [1.54, 1.807) is 24.0 Å². The zero-order valence-electron chi connectivity index (χ0n) is 12.7. The molecule has 0 N–H and O–H groups in total. The summed E-state index contributed by atoms with van der Waals surface area (Å²) in [6.07, 6.45) is 7.26. The van der Waals surface area contributed by atoms with Crippen LogP contribution in [0.1, 0.15) is 25.6 Å². The van der Waals surface area contributed by atoms with Gasteiger partial charge >= 0.3 is 0 Å². The summed E-state index contributed by atoms with van der Waals surface area (Å²) in [5, 5.41) is 0. The lowest BCUT2D eigenvalue weighted by molar-refractivity contribution is 0.347. The first-order chi connectivity index (χ1) is 10.1. The van der Waals surface area contributed by atoms with Gasteiger partial charge in [-0.15, -0.1) is 0 Å². The van der Waals surface area contributed by atoms with Crippen molar-refractivity contribution in [1.82, 2.24) is 19.1 Å². The molecular formula is C15H21N5O. The molecule has 0 aromatic carbocycles. The van der Waals surface area contributed by atoms with Crippen molar-refractivity contribution in [3.63, 3.8) is 0 Å². The fourth-order valence-electron chi connectivity index (χ4n) is 2.81. The second-order valence-corrected chi connectivity index (χ2v) is 6.03. The van der Waals surface area contributed by atoms with Gasteiger partial charge in [0.1, 0.15) is 5.82 Å². The molecule has 2 aromatic heterocycles. The van der Waals surface area contributed by atoms with Crippen LogP contribution < -0.4 is 10.5 Å². The van der Waals surface area contributed by atoms with Crippen LogP contribution in [0.15, 0.2) is 29.6 Å². The average molecular weight is 287 g/mol. The molecule has 1 aliphatic heterocycles. The third-order valence-corrected chi connectivity index (χ3v) is 3.97. The number of imidazole rings is 1. The zero-order valence-corrected chi connectivity index (χ0v) is 12.7. The fraction of sp³-hybridized carbons (Fsp3) is 0.533. The lowest BCUT2D eigenvalue weighted by Gasteiger charge is -2.40. The summed E-state index contributed by atoms with van der Waals surface area (Å²) in [6, 6.07) is 0. The first-order valence-electron chi connectivity index (χ1n) is 7.34. The van der Waals surface area contributed by atoms with E-state index in [2.05, 4.69) is 33.3 Å². The summed E-state index contributed by atoms with van der Waals surface area (Å²) in [5.74, 6) is 2.66. The monoisotopic (exact) mass is 287 g/mol.